The van der Waals surface area contributed by atoms with Crippen molar-refractivity contribution in [2.45, 2.75) is 51.2 Å². The molecule has 28 heavy (non-hydrogen) atoms. The van der Waals surface area contributed by atoms with E-state index >= 15 is 0 Å². The van der Waals surface area contributed by atoms with Gasteiger partial charge in [0.1, 0.15) is 0 Å². The van der Waals surface area contributed by atoms with E-state index in [9.17, 15) is 0 Å². The first kappa shape index (κ1) is 19.1. The summed E-state index contributed by atoms with van der Waals surface area (Å²) in [5.41, 5.74) is 2.62. The highest BCUT2D eigenvalue weighted by atomic mass is 16.5. The van der Waals surface area contributed by atoms with E-state index in [-0.39, 0.29) is 0 Å². The molecule has 1 heterocycles. The van der Waals surface area contributed by atoms with Gasteiger partial charge >= 0.3 is 0 Å². The van der Waals surface area contributed by atoms with Gasteiger partial charge in [-0.3, -0.25) is 0 Å². The van der Waals surface area contributed by atoms with Crippen molar-refractivity contribution in [3.63, 3.8) is 0 Å². The van der Waals surface area contributed by atoms with Gasteiger partial charge in [-0.2, -0.15) is 0 Å². The van der Waals surface area contributed by atoms with E-state index in [2.05, 4.69) is 58.7 Å². The van der Waals surface area contributed by atoms with Crippen LogP contribution in [-0.4, -0.2) is 38.4 Å². The SMILES string of the molecule is CCOc1ccc(N2CCN[C@@H](Cc3ccccc3)C2)cc1OC1CCCC1. The molecule has 2 aromatic rings. The number of nitrogens with zero attached hydrogens (tertiary/aromatic N) is 1. The highest BCUT2D eigenvalue weighted by Crippen LogP contribution is 2.35. The van der Waals surface area contributed by atoms with E-state index in [0.29, 0.717) is 18.8 Å². The van der Waals surface area contributed by atoms with Crippen LogP contribution in [0.1, 0.15) is 38.2 Å². The molecule has 0 aromatic heterocycles. The molecule has 2 aromatic carbocycles. The Bertz CT molecular complexity index is 744. The van der Waals surface area contributed by atoms with Gasteiger partial charge in [-0.25, -0.2) is 0 Å². The number of ether oxygens (including phenoxy) is 2. The van der Waals surface area contributed by atoms with Gasteiger partial charge in [-0.15, -0.1) is 0 Å². The third-order valence-electron chi connectivity index (χ3n) is 5.77. The first-order chi connectivity index (χ1) is 13.8. The van der Waals surface area contributed by atoms with E-state index in [0.717, 1.165) is 50.4 Å². The van der Waals surface area contributed by atoms with Gasteiger partial charge < -0.3 is 19.7 Å². The fourth-order valence-corrected chi connectivity index (χ4v) is 4.34. The standard InChI is InChI=1S/C24H32N2O2/c1-2-27-23-13-12-21(17-24(23)28-22-10-6-7-11-22)26-15-14-25-20(18-26)16-19-8-4-3-5-9-19/h3-5,8-9,12-13,17,20,22,25H,2,6-7,10-11,14-16,18H2,1H3/t20-/m0/s1. The minimum absolute atomic E-state index is 0.336. The van der Waals surface area contributed by atoms with Gasteiger partial charge in [0, 0.05) is 37.4 Å². The van der Waals surface area contributed by atoms with Crippen LogP contribution in [-0.2, 0) is 6.42 Å². The van der Waals surface area contributed by atoms with E-state index in [1.165, 1.54) is 24.1 Å². The van der Waals surface area contributed by atoms with Gasteiger partial charge in [0.05, 0.1) is 12.7 Å². The van der Waals surface area contributed by atoms with Crippen molar-refractivity contribution in [2.75, 3.05) is 31.1 Å². The number of anilines is 1. The van der Waals surface area contributed by atoms with Crippen molar-refractivity contribution in [3.8, 4) is 11.5 Å². The number of rotatable bonds is 7. The Hall–Kier alpha value is -2.20. The monoisotopic (exact) mass is 380 g/mol. The summed E-state index contributed by atoms with van der Waals surface area (Å²) in [5.74, 6) is 1.78. The Morgan fingerprint density at radius 3 is 2.64 bits per heavy atom. The molecule has 1 atom stereocenters. The number of benzene rings is 2. The second-order valence-corrected chi connectivity index (χ2v) is 7.88. The number of piperazine rings is 1. The third kappa shape index (κ3) is 4.79. The Morgan fingerprint density at radius 1 is 1.04 bits per heavy atom. The van der Waals surface area contributed by atoms with E-state index < -0.39 is 0 Å². The van der Waals surface area contributed by atoms with Crippen molar-refractivity contribution in [1.29, 1.82) is 0 Å². The molecule has 150 valence electrons. The molecule has 4 rings (SSSR count). The lowest BCUT2D eigenvalue weighted by Crippen LogP contribution is -2.51. The van der Waals surface area contributed by atoms with Crippen LogP contribution >= 0.6 is 0 Å². The van der Waals surface area contributed by atoms with Crippen molar-refractivity contribution < 1.29 is 9.47 Å². The van der Waals surface area contributed by atoms with Crippen LogP contribution in [0, 0.1) is 0 Å². The fraction of sp³-hybridized carbons (Fsp3) is 0.500. The summed E-state index contributed by atoms with van der Waals surface area (Å²) in [6.07, 6.45) is 6.24. The second kappa shape index (κ2) is 9.33. The second-order valence-electron chi connectivity index (χ2n) is 7.88. The topological polar surface area (TPSA) is 33.7 Å². The van der Waals surface area contributed by atoms with Crippen LogP contribution in [0.15, 0.2) is 48.5 Å². The Labute approximate surface area is 168 Å². The summed E-state index contributed by atoms with van der Waals surface area (Å²) in [4.78, 5) is 2.47. The van der Waals surface area contributed by atoms with E-state index in [4.69, 9.17) is 9.47 Å². The molecule has 0 unspecified atom stereocenters. The lowest BCUT2D eigenvalue weighted by Gasteiger charge is -2.35. The van der Waals surface area contributed by atoms with Crippen LogP contribution in [0.5, 0.6) is 11.5 Å². The molecule has 2 aliphatic rings. The smallest absolute Gasteiger partial charge is 0.163 e. The Balaban J connectivity index is 1.47. The average molecular weight is 381 g/mol. The number of hydrogen-bond donors (Lipinski definition) is 1. The molecule has 1 aliphatic heterocycles. The van der Waals surface area contributed by atoms with Crippen LogP contribution < -0.4 is 19.7 Å². The Kier molecular flexibility index (Phi) is 6.38. The lowest BCUT2D eigenvalue weighted by atomic mass is 10.0. The molecular formula is C24H32N2O2. The predicted molar refractivity (Wildman–Crippen MR) is 115 cm³/mol. The summed E-state index contributed by atoms with van der Waals surface area (Å²) in [5, 5.41) is 3.67. The van der Waals surface area contributed by atoms with Gasteiger partial charge in [-0.1, -0.05) is 30.3 Å². The minimum Gasteiger partial charge on any atom is -0.490 e. The quantitative estimate of drug-likeness (QED) is 0.771. The molecular weight excluding hydrogens is 348 g/mol. The lowest BCUT2D eigenvalue weighted by molar-refractivity contribution is 0.197. The summed E-state index contributed by atoms with van der Waals surface area (Å²) in [6, 6.07) is 17.7. The average Bonchev–Trinajstić information content (AvgIpc) is 3.24. The Morgan fingerprint density at radius 2 is 1.86 bits per heavy atom. The van der Waals surface area contributed by atoms with Gasteiger partial charge in [-0.05, 0) is 56.7 Å². The zero-order valence-corrected chi connectivity index (χ0v) is 16.9. The highest BCUT2D eigenvalue weighted by molar-refractivity contribution is 5.57. The number of hydrogen-bond acceptors (Lipinski definition) is 4. The molecule has 0 spiro atoms. The first-order valence-electron chi connectivity index (χ1n) is 10.8. The maximum atomic E-state index is 6.35. The van der Waals surface area contributed by atoms with Crippen molar-refractivity contribution >= 4 is 5.69 Å². The largest absolute Gasteiger partial charge is 0.490 e. The summed E-state index contributed by atoms with van der Waals surface area (Å²) >= 11 is 0. The molecule has 1 aliphatic carbocycles. The van der Waals surface area contributed by atoms with Crippen molar-refractivity contribution in [2.24, 2.45) is 0 Å². The molecule has 0 amide bonds. The van der Waals surface area contributed by atoms with Crippen LogP contribution in [0.25, 0.3) is 0 Å². The molecule has 4 nitrogen and oxygen atoms in total. The highest BCUT2D eigenvalue weighted by Gasteiger charge is 2.23. The number of nitrogens with one attached hydrogen (secondary N) is 1. The van der Waals surface area contributed by atoms with Crippen LogP contribution in [0.3, 0.4) is 0 Å². The normalized spacial score (nSPS) is 20.3. The van der Waals surface area contributed by atoms with E-state index in [1.807, 2.05) is 6.92 Å². The van der Waals surface area contributed by atoms with Crippen molar-refractivity contribution in [3.05, 3.63) is 54.1 Å². The zero-order valence-electron chi connectivity index (χ0n) is 16.9. The third-order valence-corrected chi connectivity index (χ3v) is 5.77. The minimum atomic E-state index is 0.336. The first-order valence-corrected chi connectivity index (χ1v) is 10.8. The summed E-state index contributed by atoms with van der Waals surface area (Å²) in [7, 11) is 0. The zero-order chi connectivity index (χ0) is 19.2. The summed E-state index contributed by atoms with van der Waals surface area (Å²) < 4.78 is 12.2. The van der Waals surface area contributed by atoms with Crippen LogP contribution in [0.2, 0.25) is 0 Å². The fourth-order valence-electron chi connectivity index (χ4n) is 4.34. The molecule has 2 fully saturated rings. The van der Waals surface area contributed by atoms with Crippen molar-refractivity contribution in [1.82, 2.24) is 5.32 Å². The maximum Gasteiger partial charge on any atom is 0.163 e. The van der Waals surface area contributed by atoms with Gasteiger partial charge in [0.2, 0.25) is 0 Å². The van der Waals surface area contributed by atoms with Gasteiger partial charge in [0.15, 0.2) is 11.5 Å². The summed E-state index contributed by atoms with van der Waals surface area (Å²) in [6.45, 7) is 5.71. The molecule has 1 saturated heterocycles. The molecule has 4 heteroatoms. The molecule has 0 radical (unpaired) electrons. The van der Waals surface area contributed by atoms with E-state index in [1.54, 1.807) is 0 Å². The molecule has 1 N–H and O–H groups in total. The van der Waals surface area contributed by atoms with Gasteiger partial charge in [0.25, 0.3) is 0 Å². The maximum absolute atomic E-state index is 6.35. The predicted octanol–water partition coefficient (Wildman–Crippen LogP) is 4.43. The van der Waals surface area contributed by atoms with Crippen LogP contribution in [0.4, 0.5) is 5.69 Å². The molecule has 0 bridgehead atoms. The molecule has 1 saturated carbocycles.